The Morgan fingerprint density at radius 3 is 2.24 bits per heavy atom. The molecule has 0 atom stereocenters. The molecule has 2 N–H and O–H groups in total. The van der Waals surface area contributed by atoms with Gasteiger partial charge in [0.15, 0.2) is 0 Å². The highest BCUT2D eigenvalue weighted by atomic mass is 32.2. The summed E-state index contributed by atoms with van der Waals surface area (Å²) in [6.45, 7) is 0. The smallest absolute Gasteiger partial charge is 0.251 e. The maximum atomic E-state index is 12.8. The molecule has 6 nitrogen and oxygen atoms in total. The lowest BCUT2D eigenvalue weighted by Gasteiger charge is -2.16. The summed E-state index contributed by atoms with van der Waals surface area (Å²) in [6, 6.07) is 4.72. The van der Waals surface area contributed by atoms with Crippen molar-refractivity contribution in [1.82, 2.24) is 10.0 Å². The quantitative estimate of drug-likeness (QED) is 0.810. The van der Waals surface area contributed by atoms with Crippen molar-refractivity contribution in [2.24, 2.45) is 0 Å². The highest BCUT2D eigenvalue weighted by Gasteiger charge is 2.27. The molecular formula is C18H26N2O4S. The molecule has 0 radical (unpaired) electrons. The van der Waals surface area contributed by atoms with Crippen molar-refractivity contribution in [3.63, 3.8) is 0 Å². The summed E-state index contributed by atoms with van der Waals surface area (Å²) < 4.78 is 33.5. The Bertz CT molecular complexity index is 721. The first-order chi connectivity index (χ1) is 12.0. The maximum absolute atomic E-state index is 12.8. The van der Waals surface area contributed by atoms with Crippen LogP contribution in [0, 0.1) is 0 Å². The molecule has 1 amide bonds. The minimum absolute atomic E-state index is 0.0287. The molecule has 3 rings (SSSR count). The van der Waals surface area contributed by atoms with Gasteiger partial charge >= 0.3 is 0 Å². The second-order valence-corrected chi connectivity index (χ2v) is 8.61. The number of nitrogens with one attached hydrogen (secondary N) is 2. The Morgan fingerprint density at radius 2 is 1.64 bits per heavy atom. The van der Waals surface area contributed by atoms with Gasteiger partial charge in [-0.1, -0.05) is 25.7 Å². The zero-order valence-electron chi connectivity index (χ0n) is 14.6. The second-order valence-electron chi connectivity index (χ2n) is 6.92. The molecule has 1 aromatic carbocycles. The molecule has 7 heteroatoms. The van der Waals surface area contributed by atoms with Crippen molar-refractivity contribution in [2.75, 3.05) is 7.11 Å². The van der Waals surface area contributed by atoms with Crippen molar-refractivity contribution in [2.45, 2.75) is 68.3 Å². The molecule has 0 spiro atoms. The summed E-state index contributed by atoms with van der Waals surface area (Å²) >= 11 is 0. The average Bonchev–Trinajstić information content (AvgIpc) is 3.28. The summed E-state index contributed by atoms with van der Waals surface area (Å²) in [5.41, 5.74) is 0.347. The third-order valence-electron chi connectivity index (χ3n) is 5.08. The Hall–Kier alpha value is -1.60. The summed E-state index contributed by atoms with van der Waals surface area (Å²) in [4.78, 5) is 12.5. The van der Waals surface area contributed by atoms with Gasteiger partial charge in [-0.15, -0.1) is 0 Å². The third kappa shape index (κ3) is 4.33. The molecule has 2 aliphatic rings. The van der Waals surface area contributed by atoms with Crippen LogP contribution in [-0.4, -0.2) is 33.5 Å². The molecule has 138 valence electrons. The summed E-state index contributed by atoms with van der Waals surface area (Å²) in [7, 11) is -2.29. The highest BCUT2D eigenvalue weighted by molar-refractivity contribution is 7.89. The first-order valence-electron chi connectivity index (χ1n) is 9.01. The second kappa shape index (κ2) is 7.74. The molecule has 2 saturated carbocycles. The number of methoxy groups -OCH3 is 1. The van der Waals surface area contributed by atoms with E-state index in [9.17, 15) is 13.2 Å². The number of hydrogen-bond acceptors (Lipinski definition) is 4. The van der Waals surface area contributed by atoms with E-state index < -0.39 is 10.0 Å². The predicted molar refractivity (Wildman–Crippen MR) is 95.3 cm³/mol. The lowest BCUT2D eigenvalue weighted by molar-refractivity contribution is 0.0937. The van der Waals surface area contributed by atoms with Crippen LogP contribution in [0.4, 0.5) is 0 Å². The van der Waals surface area contributed by atoms with Crippen LogP contribution in [0.2, 0.25) is 0 Å². The number of benzene rings is 1. The van der Waals surface area contributed by atoms with Gasteiger partial charge < -0.3 is 10.1 Å². The number of rotatable bonds is 6. The zero-order chi connectivity index (χ0) is 17.9. The van der Waals surface area contributed by atoms with Crippen molar-refractivity contribution in [1.29, 1.82) is 0 Å². The van der Waals surface area contributed by atoms with Gasteiger partial charge in [0.1, 0.15) is 10.6 Å². The Balaban J connectivity index is 1.82. The molecular weight excluding hydrogens is 340 g/mol. The van der Waals surface area contributed by atoms with Gasteiger partial charge in [0, 0.05) is 17.6 Å². The van der Waals surface area contributed by atoms with Gasteiger partial charge in [-0.25, -0.2) is 13.1 Å². The molecule has 0 heterocycles. The van der Waals surface area contributed by atoms with Crippen LogP contribution >= 0.6 is 0 Å². The fourth-order valence-electron chi connectivity index (χ4n) is 3.69. The molecule has 2 aliphatic carbocycles. The van der Waals surface area contributed by atoms with E-state index in [1.807, 2.05) is 0 Å². The van der Waals surface area contributed by atoms with Gasteiger partial charge in [0.05, 0.1) is 7.11 Å². The van der Waals surface area contributed by atoms with Crippen molar-refractivity contribution in [3.05, 3.63) is 23.8 Å². The standard InChI is InChI=1S/C18H26N2O4S/c1-24-16-11-10-13(18(21)19-14-6-2-3-7-14)12-17(16)25(22,23)20-15-8-4-5-9-15/h10-12,14-15,20H,2-9H2,1H3,(H,19,21). The van der Waals surface area contributed by atoms with Crippen molar-refractivity contribution >= 4 is 15.9 Å². The normalized spacial score (nSPS) is 19.2. The van der Waals surface area contributed by atoms with E-state index in [2.05, 4.69) is 10.0 Å². The number of carbonyl (C=O) groups excluding carboxylic acids is 1. The fourth-order valence-corrected chi connectivity index (χ4v) is 5.19. The van der Waals surface area contributed by atoms with Gasteiger partial charge in [-0.05, 0) is 43.9 Å². The molecule has 0 unspecified atom stereocenters. The molecule has 0 aliphatic heterocycles. The van der Waals surface area contributed by atoms with E-state index in [-0.39, 0.29) is 28.6 Å². The average molecular weight is 366 g/mol. The lowest BCUT2D eigenvalue weighted by atomic mass is 10.1. The van der Waals surface area contributed by atoms with E-state index in [1.54, 1.807) is 12.1 Å². The minimum atomic E-state index is -3.72. The van der Waals surface area contributed by atoms with Crippen LogP contribution in [0.5, 0.6) is 5.75 Å². The largest absolute Gasteiger partial charge is 0.495 e. The summed E-state index contributed by atoms with van der Waals surface area (Å²) in [5, 5.41) is 2.99. The van der Waals surface area contributed by atoms with Crippen LogP contribution in [-0.2, 0) is 10.0 Å². The van der Waals surface area contributed by atoms with Crippen molar-refractivity contribution in [3.8, 4) is 5.75 Å². The molecule has 0 saturated heterocycles. The van der Waals surface area contributed by atoms with Crippen LogP contribution < -0.4 is 14.8 Å². The zero-order valence-corrected chi connectivity index (χ0v) is 15.4. The van der Waals surface area contributed by atoms with Gasteiger partial charge in [-0.2, -0.15) is 0 Å². The molecule has 0 aromatic heterocycles. The monoisotopic (exact) mass is 366 g/mol. The first-order valence-corrected chi connectivity index (χ1v) is 10.5. The highest BCUT2D eigenvalue weighted by Crippen LogP contribution is 2.27. The molecule has 2 fully saturated rings. The maximum Gasteiger partial charge on any atom is 0.251 e. The Morgan fingerprint density at radius 1 is 1.04 bits per heavy atom. The summed E-state index contributed by atoms with van der Waals surface area (Å²) in [6.07, 6.45) is 7.98. The first kappa shape index (κ1) is 18.2. The number of hydrogen-bond donors (Lipinski definition) is 2. The third-order valence-corrected chi connectivity index (χ3v) is 6.62. The molecule has 1 aromatic rings. The van der Waals surface area contributed by atoms with Crippen LogP contribution in [0.15, 0.2) is 23.1 Å². The topological polar surface area (TPSA) is 84.5 Å². The van der Waals surface area contributed by atoms with E-state index in [1.165, 1.54) is 13.2 Å². The number of sulfonamides is 1. The van der Waals surface area contributed by atoms with Gasteiger partial charge in [0.25, 0.3) is 5.91 Å². The van der Waals surface area contributed by atoms with Crippen LogP contribution in [0.25, 0.3) is 0 Å². The molecule has 0 bridgehead atoms. The predicted octanol–water partition coefficient (Wildman–Crippen LogP) is 2.59. The Labute approximate surface area is 149 Å². The number of carbonyl (C=O) groups is 1. The molecule has 25 heavy (non-hydrogen) atoms. The van der Waals surface area contributed by atoms with Crippen molar-refractivity contribution < 1.29 is 17.9 Å². The minimum Gasteiger partial charge on any atom is -0.495 e. The lowest BCUT2D eigenvalue weighted by Crippen LogP contribution is -2.34. The van der Waals surface area contributed by atoms with Crippen LogP contribution in [0.1, 0.15) is 61.7 Å². The van der Waals surface area contributed by atoms with Gasteiger partial charge in [-0.3, -0.25) is 4.79 Å². The SMILES string of the molecule is COc1ccc(C(=O)NC2CCCC2)cc1S(=O)(=O)NC1CCCC1. The number of amides is 1. The van der Waals surface area contributed by atoms with E-state index >= 15 is 0 Å². The van der Waals surface area contributed by atoms with Crippen LogP contribution in [0.3, 0.4) is 0 Å². The Kier molecular flexibility index (Phi) is 5.64. The van der Waals surface area contributed by atoms with E-state index in [0.717, 1.165) is 51.4 Å². The fraction of sp³-hybridized carbons (Fsp3) is 0.611. The van der Waals surface area contributed by atoms with E-state index in [4.69, 9.17) is 4.74 Å². The number of ether oxygens (including phenoxy) is 1. The van der Waals surface area contributed by atoms with E-state index in [0.29, 0.717) is 5.56 Å². The van der Waals surface area contributed by atoms with Gasteiger partial charge in [0.2, 0.25) is 10.0 Å². The summed E-state index contributed by atoms with van der Waals surface area (Å²) in [5.74, 6) is 0.0229.